The van der Waals surface area contributed by atoms with Crippen molar-refractivity contribution in [3.8, 4) is 6.07 Å². The Morgan fingerprint density at radius 1 is 1.17 bits per heavy atom. The predicted molar refractivity (Wildman–Crippen MR) is 86.6 cm³/mol. The lowest BCUT2D eigenvalue weighted by Gasteiger charge is -2.09. The normalized spacial score (nSPS) is 11.0. The van der Waals surface area contributed by atoms with Crippen LogP contribution in [-0.4, -0.2) is 15.5 Å². The van der Waals surface area contributed by atoms with Crippen LogP contribution in [0, 0.1) is 17.1 Å². The van der Waals surface area contributed by atoms with Gasteiger partial charge in [-0.3, -0.25) is 0 Å². The van der Waals surface area contributed by atoms with E-state index in [1.54, 1.807) is 18.2 Å². The van der Waals surface area contributed by atoms with Crippen LogP contribution in [0.15, 0.2) is 42.5 Å². The molecule has 0 aliphatic rings. The zero-order valence-corrected chi connectivity index (χ0v) is 13.3. The van der Waals surface area contributed by atoms with Crippen molar-refractivity contribution in [3.05, 3.63) is 65.0 Å². The number of anilines is 1. The smallest absolute Gasteiger partial charge is 0.215 e. The summed E-state index contributed by atoms with van der Waals surface area (Å²) in [5.41, 5.74) is 2.03. The minimum Gasteiger partial charge on any atom is -0.379 e. The first-order chi connectivity index (χ1) is 10.9. The predicted octanol–water partition coefficient (Wildman–Crippen LogP) is 2.36. The standard InChI is InChI=1S/C16H16FN3O2S/c1-19-23(21,22)11-14-4-2-3-13(7-14)10-20-16-6-5-12(9-18)8-15(16)17/h2-8,19-20H,10-11H2,1H3. The van der Waals surface area contributed by atoms with E-state index >= 15 is 0 Å². The fourth-order valence-electron chi connectivity index (χ4n) is 2.05. The van der Waals surface area contributed by atoms with Gasteiger partial charge in [0.05, 0.1) is 23.1 Å². The summed E-state index contributed by atoms with van der Waals surface area (Å²) in [6.07, 6.45) is 0. The number of hydrogen-bond donors (Lipinski definition) is 2. The molecule has 0 saturated heterocycles. The average molecular weight is 333 g/mol. The Labute approximate surface area is 134 Å². The summed E-state index contributed by atoms with van der Waals surface area (Å²) in [6.45, 7) is 0.344. The van der Waals surface area contributed by atoms with Gasteiger partial charge in [0.1, 0.15) is 5.82 Å². The molecule has 5 nitrogen and oxygen atoms in total. The zero-order chi connectivity index (χ0) is 16.9. The minimum absolute atomic E-state index is 0.109. The molecule has 2 rings (SSSR count). The van der Waals surface area contributed by atoms with Crippen LogP contribution in [0.5, 0.6) is 0 Å². The van der Waals surface area contributed by atoms with Crippen molar-refractivity contribution in [2.24, 2.45) is 0 Å². The van der Waals surface area contributed by atoms with Crippen LogP contribution in [0.2, 0.25) is 0 Å². The third-order valence-corrected chi connectivity index (χ3v) is 4.58. The van der Waals surface area contributed by atoms with Gasteiger partial charge in [-0.2, -0.15) is 5.26 Å². The van der Waals surface area contributed by atoms with Crippen LogP contribution in [0.25, 0.3) is 0 Å². The molecule has 2 N–H and O–H groups in total. The lowest BCUT2D eigenvalue weighted by molar-refractivity contribution is 0.587. The zero-order valence-electron chi connectivity index (χ0n) is 12.5. The third-order valence-electron chi connectivity index (χ3n) is 3.24. The molecule has 0 atom stereocenters. The fraction of sp³-hybridized carbons (Fsp3) is 0.188. The minimum atomic E-state index is -3.33. The molecule has 120 valence electrons. The van der Waals surface area contributed by atoms with Crippen LogP contribution < -0.4 is 10.0 Å². The van der Waals surface area contributed by atoms with E-state index in [1.165, 1.54) is 19.2 Å². The Kier molecular flexibility index (Phi) is 5.32. The number of nitrogens with one attached hydrogen (secondary N) is 2. The van der Waals surface area contributed by atoms with Crippen molar-refractivity contribution in [1.29, 1.82) is 5.26 Å². The van der Waals surface area contributed by atoms with E-state index in [2.05, 4.69) is 10.0 Å². The van der Waals surface area contributed by atoms with E-state index < -0.39 is 15.8 Å². The third kappa shape index (κ3) is 4.77. The molecule has 0 fully saturated rings. The number of nitriles is 1. The van der Waals surface area contributed by atoms with Crippen molar-refractivity contribution >= 4 is 15.7 Å². The van der Waals surface area contributed by atoms with E-state index in [0.29, 0.717) is 12.1 Å². The molecule has 7 heteroatoms. The van der Waals surface area contributed by atoms with Crippen molar-refractivity contribution in [1.82, 2.24) is 4.72 Å². The highest BCUT2D eigenvalue weighted by atomic mass is 32.2. The van der Waals surface area contributed by atoms with Crippen LogP contribution in [0.3, 0.4) is 0 Å². The van der Waals surface area contributed by atoms with Gasteiger partial charge in [0, 0.05) is 6.54 Å². The molecule has 2 aromatic rings. The van der Waals surface area contributed by atoms with Crippen LogP contribution in [0.4, 0.5) is 10.1 Å². The number of nitrogens with zero attached hydrogens (tertiary/aromatic N) is 1. The molecule has 2 aromatic carbocycles. The van der Waals surface area contributed by atoms with Gasteiger partial charge in [-0.1, -0.05) is 24.3 Å². The van der Waals surface area contributed by atoms with E-state index in [-0.39, 0.29) is 17.0 Å². The molecule has 0 amide bonds. The quantitative estimate of drug-likeness (QED) is 0.850. The Balaban J connectivity index is 2.08. The molecule has 0 radical (unpaired) electrons. The fourth-order valence-corrected chi connectivity index (χ4v) is 2.81. The lowest BCUT2D eigenvalue weighted by Crippen LogP contribution is -2.20. The van der Waals surface area contributed by atoms with Crippen LogP contribution in [-0.2, 0) is 22.3 Å². The highest BCUT2D eigenvalue weighted by molar-refractivity contribution is 7.88. The van der Waals surface area contributed by atoms with E-state index in [9.17, 15) is 12.8 Å². The summed E-state index contributed by atoms with van der Waals surface area (Å²) in [6, 6.07) is 13.1. The van der Waals surface area contributed by atoms with Gasteiger partial charge in [-0.25, -0.2) is 17.5 Å². The van der Waals surface area contributed by atoms with E-state index in [0.717, 1.165) is 11.6 Å². The maximum absolute atomic E-state index is 13.8. The van der Waals surface area contributed by atoms with Crippen molar-refractivity contribution in [2.45, 2.75) is 12.3 Å². The Bertz CT molecular complexity index is 845. The first-order valence-electron chi connectivity index (χ1n) is 6.86. The van der Waals surface area contributed by atoms with Gasteiger partial charge in [0.2, 0.25) is 10.0 Å². The number of sulfonamides is 1. The Hall–Kier alpha value is -2.43. The Morgan fingerprint density at radius 3 is 2.57 bits per heavy atom. The topological polar surface area (TPSA) is 82.0 Å². The molecular formula is C16H16FN3O2S. The maximum atomic E-state index is 13.8. The van der Waals surface area contributed by atoms with Gasteiger partial charge in [0.25, 0.3) is 0 Å². The van der Waals surface area contributed by atoms with Crippen molar-refractivity contribution in [3.63, 3.8) is 0 Å². The molecule has 0 aliphatic carbocycles. The van der Waals surface area contributed by atoms with Gasteiger partial charge in [-0.15, -0.1) is 0 Å². The molecule has 0 saturated carbocycles. The molecular weight excluding hydrogens is 317 g/mol. The van der Waals surface area contributed by atoms with E-state index in [1.807, 2.05) is 12.1 Å². The summed E-state index contributed by atoms with van der Waals surface area (Å²) >= 11 is 0. The number of benzene rings is 2. The molecule has 0 heterocycles. The monoisotopic (exact) mass is 333 g/mol. The van der Waals surface area contributed by atoms with Gasteiger partial charge in [0.15, 0.2) is 0 Å². The van der Waals surface area contributed by atoms with Crippen LogP contribution in [0.1, 0.15) is 16.7 Å². The van der Waals surface area contributed by atoms with Gasteiger partial charge in [-0.05, 0) is 36.4 Å². The molecule has 0 aliphatic heterocycles. The second-order valence-electron chi connectivity index (χ2n) is 4.94. The first-order valence-corrected chi connectivity index (χ1v) is 8.51. The van der Waals surface area contributed by atoms with Crippen molar-refractivity contribution < 1.29 is 12.8 Å². The van der Waals surface area contributed by atoms with Crippen molar-refractivity contribution in [2.75, 3.05) is 12.4 Å². The van der Waals surface area contributed by atoms with Crippen LogP contribution >= 0.6 is 0 Å². The number of halogens is 1. The second kappa shape index (κ2) is 7.22. The summed E-state index contributed by atoms with van der Waals surface area (Å²) in [7, 11) is -1.96. The highest BCUT2D eigenvalue weighted by Crippen LogP contribution is 2.17. The maximum Gasteiger partial charge on any atom is 0.215 e. The summed E-state index contributed by atoms with van der Waals surface area (Å²) < 4.78 is 39.2. The summed E-state index contributed by atoms with van der Waals surface area (Å²) in [5.74, 6) is -0.610. The molecule has 0 aromatic heterocycles. The largest absolute Gasteiger partial charge is 0.379 e. The van der Waals surface area contributed by atoms with E-state index in [4.69, 9.17) is 5.26 Å². The summed E-state index contributed by atoms with van der Waals surface area (Å²) in [4.78, 5) is 0. The lowest BCUT2D eigenvalue weighted by atomic mass is 10.1. The molecule has 0 spiro atoms. The second-order valence-corrected chi connectivity index (χ2v) is 6.87. The molecule has 23 heavy (non-hydrogen) atoms. The number of hydrogen-bond acceptors (Lipinski definition) is 4. The Morgan fingerprint density at radius 2 is 1.91 bits per heavy atom. The molecule has 0 unspecified atom stereocenters. The SMILES string of the molecule is CNS(=O)(=O)Cc1cccc(CNc2ccc(C#N)cc2F)c1. The number of rotatable bonds is 6. The highest BCUT2D eigenvalue weighted by Gasteiger charge is 2.09. The molecule has 0 bridgehead atoms. The average Bonchev–Trinajstić information content (AvgIpc) is 2.53. The van der Waals surface area contributed by atoms with Gasteiger partial charge < -0.3 is 5.32 Å². The first kappa shape index (κ1) is 16.9. The van der Waals surface area contributed by atoms with Gasteiger partial charge >= 0.3 is 0 Å². The summed E-state index contributed by atoms with van der Waals surface area (Å²) in [5, 5.41) is 11.6.